The van der Waals surface area contributed by atoms with Gasteiger partial charge in [0.25, 0.3) is 0 Å². The third-order valence-electron chi connectivity index (χ3n) is 6.93. The van der Waals surface area contributed by atoms with Crippen molar-refractivity contribution in [2.75, 3.05) is 20.8 Å². The third kappa shape index (κ3) is 3.98. The van der Waals surface area contributed by atoms with Crippen molar-refractivity contribution in [3.8, 4) is 11.5 Å². The number of ether oxygens (including phenoxy) is 2. The molecule has 29 heavy (non-hydrogen) atoms. The molecule has 0 amide bonds. The molecule has 1 saturated carbocycles. The largest absolute Gasteiger partial charge is 0.493 e. The highest BCUT2D eigenvalue weighted by molar-refractivity contribution is 6.31. The fourth-order valence-electron chi connectivity index (χ4n) is 5.45. The maximum atomic E-state index is 11.5. The van der Waals surface area contributed by atoms with Crippen molar-refractivity contribution in [1.29, 1.82) is 0 Å². The van der Waals surface area contributed by atoms with Gasteiger partial charge in [0, 0.05) is 28.5 Å². The molecule has 0 bridgehead atoms. The van der Waals surface area contributed by atoms with Crippen molar-refractivity contribution in [3.63, 3.8) is 0 Å². The molecule has 4 nitrogen and oxygen atoms in total. The predicted octanol–water partition coefficient (Wildman–Crippen LogP) is 3.81. The van der Waals surface area contributed by atoms with E-state index in [2.05, 4.69) is 18.2 Å². The molecule has 1 aliphatic carbocycles. The minimum Gasteiger partial charge on any atom is -0.493 e. The van der Waals surface area contributed by atoms with E-state index in [-0.39, 0.29) is 12.0 Å². The van der Waals surface area contributed by atoms with Gasteiger partial charge in [-0.2, -0.15) is 0 Å². The number of hydrogen-bond acceptors (Lipinski definition) is 3. The predicted molar refractivity (Wildman–Crippen MR) is 115 cm³/mol. The Bertz CT molecular complexity index is 858. The first kappa shape index (κ1) is 20.5. The average molecular weight is 417 g/mol. The van der Waals surface area contributed by atoms with Gasteiger partial charge < -0.3 is 19.5 Å². The van der Waals surface area contributed by atoms with Crippen LogP contribution < -0.4 is 14.4 Å². The lowest BCUT2D eigenvalue weighted by molar-refractivity contribution is -0.958. The molecule has 1 aliphatic heterocycles. The molecule has 4 atom stereocenters. The Hall–Kier alpha value is -1.75. The number of likely N-dealkylation sites (tertiary alicyclic amines) is 1. The van der Waals surface area contributed by atoms with E-state index in [9.17, 15) is 5.11 Å². The van der Waals surface area contributed by atoms with E-state index < -0.39 is 5.60 Å². The summed E-state index contributed by atoms with van der Waals surface area (Å²) in [4.78, 5) is 1.46. The molecule has 2 aromatic rings. The zero-order valence-electron chi connectivity index (χ0n) is 17.3. The van der Waals surface area contributed by atoms with Crippen molar-refractivity contribution >= 4 is 11.6 Å². The molecular formula is C24H31ClNO3+. The van der Waals surface area contributed by atoms with Crippen molar-refractivity contribution in [1.82, 2.24) is 0 Å². The van der Waals surface area contributed by atoms with Crippen molar-refractivity contribution < 1.29 is 19.5 Å². The highest BCUT2D eigenvalue weighted by Gasteiger charge is 2.51. The van der Waals surface area contributed by atoms with E-state index in [0.717, 1.165) is 60.9 Å². The highest BCUT2D eigenvalue weighted by atomic mass is 35.5. The van der Waals surface area contributed by atoms with Crippen LogP contribution in [0, 0.1) is 5.92 Å². The van der Waals surface area contributed by atoms with E-state index in [1.54, 1.807) is 14.2 Å². The zero-order valence-corrected chi connectivity index (χ0v) is 18.0. The van der Waals surface area contributed by atoms with Gasteiger partial charge in [-0.1, -0.05) is 42.6 Å². The van der Waals surface area contributed by atoms with Crippen LogP contribution in [0.5, 0.6) is 11.5 Å². The minimum atomic E-state index is -0.569. The maximum Gasteiger partial charge on any atom is 0.161 e. The second-order valence-corrected chi connectivity index (χ2v) is 8.88. The van der Waals surface area contributed by atoms with Crippen LogP contribution in [0.4, 0.5) is 0 Å². The Kier molecular flexibility index (Phi) is 6.05. The number of methoxy groups -OCH3 is 2. The summed E-state index contributed by atoms with van der Waals surface area (Å²) in [5.41, 5.74) is 1.80. The summed E-state index contributed by atoms with van der Waals surface area (Å²) in [5.74, 6) is 1.71. The SMILES string of the molecule is COc1ccc([C@H]2[C@H]3CCCC[C@]3(O)CC[NH+]2Cc2ccccc2Cl)cc1OC. The number of nitrogens with one attached hydrogen (secondary N) is 1. The molecule has 0 aromatic heterocycles. The molecule has 156 valence electrons. The molecular weight excluding hydrogens is 386 g/mol. The molecule has 4 rings (SSSR count). The van der Waals surface area contributed by atoms with Crippen LogP contribution in [0.1, 0.15) is 49.3 Å². The molecule has 0 spiro atoms. The lowest BCUT2D eigenvalue weighted by Crippen LogP contribution is -3.13. The number of aliphatic hydroxyl groups is 1. The lowest BCUT2D eigenvalue weighted by Gasteiger charge is -2.50. The summed E-state index contributed by atoms with van der Waals surface area (Å²) in [6.07, 6.45) is 5.10. The van der Waals surface area contributed by atoms with Crippen molar-refractivity contribution in [2.24, 2.45) is 5.92 Å². The molecule has 2 aliphatic rings. The summed E-state index contributed by atoms with van der Waals surface area (Å²) in [6, 6.07) is 14.5. The fraction of sp³-hybridized carbons (Fsp3) is 0.500. The molecule has 1 heterocycles. The Morgan fingerprint density at radius 2 is 1.86 bits per heavy atom. The topological polar surface area (TPSA) is 43.1 Å². The van der Waals surface area contributed by atoms with Gasteiger partial charge in [0.05, 0.1) is 26.4 Å². The number of hydrogen-bond donors (Lipinski definition) is 2. The molecule has 5 heteroatoms. The van der Waals surface area contributed by atoms with Crippen LogP contribution in [0.25, 0.3) is 0 Å². The summed E-state index contributed by atoms with van der Waals surface area (Å²) >= 11 is 6.49. The van der Waals surface area contributed by atoms with Crippen LogP contribution in [0.15, 0.2) is 42.5 Å². The average Bonchev–Trinajstić information content (AvgIpc) is 2.74. The Morgan fingerprint density at radius 3 is 2.62 bits per heavy atom. The number of fused-ring (bicyclic) bond motifs is 1. The zero-order chi connectivity index (χ0) is 20.4. The van der Waals surface area contributed by atoms with Gasteiger partial charge in [-0.15, -0.1) is 0 Å². The second-order valence-electron chi connectivity index (χ2n) is 8.47. The third-order valence-corrected chi connectivity index (χ3v) is 7.30. The quantitative estimate of drug-likeness (QED) is 0.778. The Labute approximate surface area is 178 Å². The Morgan fingerprint density at radius 1 is 1.07 bits per heavy atom. The summed E-state index contributed by atoms with van der Waals surface area (Å²) in [6.45, 7) is 1.78. The lowest BCUT2D eigenvalue weighted by atomic mass is 9.66. The van der Waals surface area contributed by atoms with E-state index in [4.69, 9.17) is 21.1 Å². The number of quaternary nitrogens is 1. The summed E-state index contributed by atoms with van der Waals surface area (Å²) < 4.78 is 11.0. The molecule has 0 radical (unpaired) electrons. The van der Waals surface area contributed by atoms with E-state index in [1.165, 1.54) is 16.9 Å². The summed E-state index contributed by atoms with van der Waals surface area (Å²) in [7, 11) is 3.33. The second kappa shape index (κ2) is 8.55. The number of halogens is 1. The van der Waals surface area contributed by atoms with E-state index in [1.807, 2.05) is 24.3 Å². The molecule has 1 saturated heterocycles. The van der Waals surface area contributed by atoms with Crippen LogP contribution in [-0.4, -0.2) is 31.5 Å². The van der Waals surface area contributed by atoms with Crippen LogP contribution >= 0.6 is 11.6 Å². The standard InChI is InChI=1S/C24H30ClNO3/c1-28-21-11-10-17(15-22(21)29-2)23-19-8-5-6-12-24(19,27)13-14-26(23)16-18-7-3-4-9-20(18)25/h3-4,7,9-11,15,19,23,27H,5-6,8,12-14,16H2,1-2H3/p+1/t19-,23+,24+/m1/s1. The monoisotopic (exact) mass is 416 g/mol. The van der Waals surface area contributed by atoms with Crippen LogP contribution in [0.3, 0.4) is 0 Å². The Balaban J connectivity index is 1.73. The van der Waals surface area contributed by atoms with Crippen molar-refractivity contribution in [2.45, 2.75) is 50.3 Å². The number of piperidine rings is 1. The molecule has 2 aromatic carbocycles. The van der Waals surface area contributed by atoms with E-state index in [0.29, 0.717) is 0 Å². The fourth-order valence-corrected chi connectivity index (χ4v) is 5.66. The first-order valence-corrected chi connectivity index (χ1v) is 11.0. The van der Waals surface area contributed by atoms with Gasteiger partial charge >= 0.3 is 0 Å². The summed E-state index contributed by atoms with van der Waals surface area (Å²) in [5, 5.41) is 12.3. The van der Waals surface area contributed by atoms with Gasteiger partial charge in [0.15, 0.2) is 11.5 Å². The van der Waals surface area contributed by atoms with Gasteiger partial charge in [-0.3, -0.25) is 0 Å². The van der Waals surface area contributed by atoms with Crippen LogP contribution in [0.2, 0.25) is 5.02 Å². The van der Waals surface area contributed by atoms with Crippen molar-refractivity contribution in [3.05, 3.63) is 58.6 Å². The van der Waals surface area contributed by atoms with Gasteiger partial charge in [-0.25, -0.2) is 0 Å². The highest BCUT2D eigenvalue weighted by Crippen LogP contribution is 2.45. The van der Waals surface area contributed by atoms with Gasteiger partial charge in [0.1, 0.15) is 12.6 Å². The van der Waals surface area contributed by atoms with Gasteiger partial charge in [0.2, 0.25) is 0 Å². The van der Waals surface area contributed by atoms with Gasteiger partial charge in [-0.05, 0) is 37.1 Å². The molecule has 2 fully saturated rings. The first-order valence-electron chi connectivity index (χ1n) is 10.6. The maximum absolute atomic E-state index is 11.5. The normalized spacial score (nSPS) is 29.2. The molecule has 2 N–H and O–H groups in total. The smallest absolute Gasteiger partial charge is 0.161 e. The van der Waals surface area contributed by atoms with E-state index >= 15 is 0 Å². The van der Waals surface area contributed by atoms with Crippen LogP contribution in [-0.2, 0) is 6.54 Å². The number of rotatable bonds is 5. The molecule has 1 unspecified atom stereocenters. The number of benzene rings is 2. The first-order chi connectivity index (χ1) is 14.1. The minimum absolute atomic E-state index is 0.199.